The van der Waals surface area contributed by atoms with E-state index in [4.69, 9.17) is 11.5 Å². The van der Waals surface area contributed by atoms with Gasteiger partial charge in [-0.25, -0.2) is 0 Å². The van der Waals surface area contributed by atoms with Gasteiger partial charge in [-0.05, 0) is 24.3 Å². The van der Waals surface area contributed by atoms with Crippen molar-refractivity contribution in [3.05, 3.63) is 22.4 Å². The SMILES string of the molecule is NC(=O)CC(N)C(=O)N(Cc1cccs1)C1CC1. The number of amides is 2. The zero-order chi connectivity index (χ0) is 13.1. The number of rotatable bonds is 6. The number of nitrogens with two attached hydrogens (primary N) is 2. The van der Waals surface area contributed by atoms with Crippen molar-refractivity contribution in [3.8, 4) is 0 Å². The van der Waals surface area contributed by atoms with Crippen LogP contribution >= 0.6 is 11.3 Å². The third-order valence-electron chi connectivity index (χ3n) is 2.92. The Kier molecular flexibility index (Phi) is 3.98. The molecule has 0 aliphatic heterocycles. The maximum absolute atomic E-state index is 12.2. The molecule has 1 fully saturated rings. The van der Waals surface area contributed by atoms with Crippen molar-refractivity contribution in [2.75, 3.05) is 0 Å². The van der Waals surface area contributed by atoms with E-state index in [0.717, 1.165) is 17.7 Å². The lowest BCUT2D eigenvalue weighted by atomic mass is 10.2. The van der Waals surface area contributed by atoms with E-state index in [1.54, 1.807) is 16.2 Å². The van der Waals surface area contributed by atoms with Gasteiger partial charge in [0.05, 0.1) is 19.0 Å². The Balaban J connectivity index is 2.00. The summed E-state index contributed by atoms with van der Waals surface area (Å²) in [6, 6.07) is 3.41. The van der Waals surface area contributed by atoms with Crippen molar-refractivity contribution in [1.29, 1.82) is 0 Å². The Morgan fingerprint density at radius 3 is 2.72 bits per heavy atom. The van der Waals surface area contributed by atoms with Crippen molar-refractivity contribution in [2.24, 2.45) is 11.5 Å². The number of carbonyl (C=O) groups excluding carboxylic acids is 2. The van der Waals surface area contributed by atoms with E-state index in [1.807, 2.05) is 17.5 Å². The molecule has 1 aromatic rings. The smallest absolute Gasteiger partial charge is 0.240 e. The summed E-state index contributed by atoms with van der Waals surface area (Å²) in [4.78, 5) is 25.9. The van der Waals surface area contributed by atoms with Crippen LogP contribution in [0.15, 0.2) is 17.5 Å². The van der Waals surface area contributed by atoms with Crippen LogP contribution in [0.3, 0.4) is 0 Å². The summed E-state index contributed by atoms with van der Waals surface area (Å²) >= 11 is 1.61. The van der Waals surface area contributed by atoms with Crippen LogP contribution in [-0.4, -0.2) is 28.8 Å². The number of carbonyl (C=O) groups is 2. The molecule has 1 aliphatic carbocycles. The second kappa shape index (κ2) is 5.49. The highest BCUT2D eigenvalue weighted by Crippen LogP contribution is 2.29. The lowest BCUT2D eigenvalue weighted by Crippen LogP contribution is -2.46. The fourth-order valence-electron chi connectivity index (χ4n) is 1.86. The molecule has 5 nitrogen and oxygen atoms in total. The molecule has 6 heteroatoms. The molecule has 0 bridgehead atoms. The first-order valence-electron chi connectivity index (χ1n) is 5.94. The van der Waals surface area contributed by atoms with E-state index in [1.165, 1.54) is 0 Å². The van der Waals surface area contributed by atoms with Crippen LogP contribution in [0.5, 0.6) is 0 Å². The van der Waals surface area contributed by atoms with Crippen molar-refractivity contribution in [2.45, 2.75) is 37.9 Å². The highest BCUT2D eigenvalue weighted by Gasteiger charge is 2.35. The third kappa shape index (κ3) is 3.30. The average Bonchev–Trinajstić information content (AvgIpc) is 3.02. The van der Waals surface area contributed by atoms with Crippen LogP contribution < -0.4 is 11.5 Å². The van der Waals surface area contributed by atoms with Crippen LogP contribution in [0.4, 0.5) is 0 Å². The number of hydrogen-bond acceptors (Lipinski definition) is 4. The third-order valence-corrected chi connectivity index (χ3v) is 3.78. The maximum Gasteiger partial charge on any atom is 0.240 e. The van der Waals surface area contributed by atoms with Gasteiger partial charge in [0.2, 0.25) is 11.8 Å². The molecule has 1 atom stereocenters. The van der Waals surface area contributed by atoms with Crippen LogP contribution in [0, 0.1) is 0 Å². The summed E-state index contributed by atoms with van der Waals surface area (Å²) in [6.45, 7) is 0.577. The topological polar surface area (TPSA) is 89.4 Å². The second-order valence-electron chi connectivity index (χ2n) is 4.55. The van der Waals surface area contributed by atoms with Gasteiger partial charge in [-0.15, -0.1) is 11.3 Å². The molecular weight excluding hydrogens is 250 g/mol. The van der Waals surface area contributed by atoms with Gasteiger partial charge in [-0.3, -0.25) is 9.59 Å². The van der Waals surface area contributed by atoms with Crippen molar-refractivity contribution in [1.82, 2.24) is 4.90 Å². The zero-order valence-electron chi connectivity index (χ0n) is 10.0. The van der Waals surface area contributed by atoms with Gasteiger partial charge in [0.25, 0.3) is 0 Å². The number of hydrogen-bond donors (Lipinski definition) is 2. The number of nitrogens with zero attached hydrogens (tertiary/aromatic N) is 1. The van der Waals surface area contributed by atoms with E-state index in [0.29, 0.717) is 6.54 Å². The summed E-state index contributed by atoms with van der Waals surface area (Å²) in [5.41, 5.74) is 10.8. The minimum Gasteiger partial charge on any atom is -0.370 e. The second-order valence-corrected chi connectivity index (χ2v) is 5.59. The molecule has 4 N–H and O–H groups in total. The molecule has 2 amide bonds. The van der Waals surface area contributed by atoms with Gasteiger partial charge in [-0.1, -0.05) is 6.07 Å². The molecule has 18 heavy (non-hydrogen) atoms. The lowest BCUT2D eigenvalue weighted by molar-refractivity contribution is -0.135. The molecule has 2 rings (SSSR count). The van der Waals surface area contributed by atoms with E-state index >= 15 is 0 Å². The Morgan fingerprint density at radius 2 is 2.22 bits per heavy atom. The summed E-state index contributed by atoms with van der Waals surface area (Å²) in [6.07, 6.45) is 1.94. The Hall–Kier alpha value is -1.40. The molecule has 1 saturated carbocycles. The van der Waals surface area contributed by atoms with Gasteiger partial charge in [0.1, 0.15) is 0 Å². The molecule has 98 valence electrons. The van der Waals surface area contributed by atoms with E-state index in [2.05, 4.69) is 0 Å². The Labute approximate surface area is 110 Å². The van der Waals surface area contributed by atoms with Gasteiger partial charge in [0, 0.05) is 10.9 Å². The highest BCUT2D eigenvalue weighted by atomic mass is 32.1. The fourth-order valence-corrected chi connectivity index (χ4v) is 2.56. The first-order chi connectivity index (χ1) is 8.58. The van der Waals surface area contributed by atoms with Crippen LogP contribution in [0.25, 0.3) is 0 Å². The first-order valence-corrected chi connectivity index (χ1v) is 6.82. The van der Waals surface area contributed by atoms with Crippen molar-refractivity contribution in [3.63, 3.8) is 0 Å². The van der Waals surface area contributed by atoms with Gasteiger partial charge < -0.3 is 16.4 Å². The van der Waals surface area contributed by atoms with Crippen LogP contribution in [0.1, 0.15) is 24.1 Å². The maximum atomic E-state index is 12.2. The lowest BCUT2D eigenvalue weighted by Gasteiger charge is -2.24. The molecular formula is C12H17N3O2S. The molecule has 1 aliphatic rings. The highest BCUT2D eigenvalue weighted by molar-refractivity contribution is 7.09. The average molecular weight is 267 g/mol. The summed E-state index contributed by atoms with van der Waals surface area (Å²) in [5.74, 6) is -0.715. The predicted molar refractivity (Wildman–Crippen MR) is 69.7 cm³/mol. The van der Waals surface area contributed by atoms with E-state index in [-0.39, 0.29) is 18.4 Å². The van der Waals surface area contributed by atoms with E-state index in [9.17, 15) is 9.59 Å². The van der Waals surface area contributed by atoms with Gasteiger partial charge >= 0.3 is 0 Å². The number of thiophene rings is 1. The molecule has 1 aromatic heterocycles. The van der Waals surface area contributed by atoms with Crippen molar-refractivity contribution >= 4 is 23.2 Å². The minimum atomic E-state index is -0.817. The summed E-state index contributed by atoms with van der Waals surface area (Å²) < 4.78 is 0. The Bertz CT molecular complexity index is 429. The molecule has 0 saturated heterocycles. The largest absolute Gasteiger partial charge is 0.370 e. The monoisotopic (exact) mass is 267 g/mol. The minimum absolute atomic E-state index is 0.0908. The predicted octanol–water partition coefficient (Wildman–Crippen LogP) is 0.442. The van der Waals surface area contributed by atoms with E-state index < -0.39 is 11.9 Å². The standard InChI is InChI=1S/C12H17N3O2S/c13-10(6-11(14)16)12(17)15(8-3-4-8)7-9-2-1-5-18-9/h1-2,5,8,10H,3-4,6-7,13H2,(H2,14,16). The van der Waals surface area contributed by atoms with Gasteiger partial charge in [0.15, 0.2) is 0 Å². The zero-order valence-corrected chi connectivity index (χ0v) is 10.9. The molecule has 0 spiro atoms. The molecule has 1 unspecified atom stereocenters. The molecule has 0 radical (unpaired) electrons. The Morgan fingerprint density at radius 1 is 1.50 bits per heavy atom. The molecule has 1 heterocycles. The normalized spacial score (nSPS) is 16.3. The van der Waals surface area contributed by atoms with Crippen LogP contribution in [-0.2, 0) is 16.1 Å². The summed E-state index contributed by atoms with van der Waals surface area (Å²) in [7, 11) is 0. The summed E-state index contributed by atoms with van der Waals surface area (Å²) in [5, 5.41) is 1.98. The van der Waals surface area contributed by atoms with Crippen LogP contribution in [0.2, 0.25) is 0 Å². The number of primary amides is 1. The van der Waals surface area contributed by atoms with Crippen molar-refractivity contribution < 1.29 is 9.59 Å². The molecule has 0 aromatic carbocycles. The first kappa shape index (κ1) is 13.0. The fraction of sp³-hybridized carbons (Fsp3) is 0.500. The quantitative estimate of drug-likeness (QED) is 0.783. The van der Waals surface area contributed by atoms with Gasteiger partial charge in [-0.2, -0.15) is 0 Å².